The van der Waals surface area contributed by atoms with Gasteiger partial charge < -0.3 is 10.2 Å². The van der Waals surface area contributed by atoms with Crippen LogP contribution in [0.15, 0.2) is 42.1 Å². The minimum atomic E-state index is -0.801. The number of nitrogens with one attached hydrogen (secondary N) is 1. The van der Waals surface area contributed by atoms with Crippen LogP contribution in [0.2, 0.25) is 0 Å². The van der Waals surface area contributed by atoms with E-state index in [0.29, 0.717) is 12.1 Å². The first-order valence-corrected chi connectivity index (χ1v) is 6.01. The molecule has 19 heavy (non-hydrogen) atoms. The Morgan fingerprint density at radius 3 is 2.63 bits per heavy atom. The Hall–Kier alpha value is -2.14. The third-order valence-corrected chi connectivity index (χ3v) is 3.33. The van der Waals surface area contributed by atoms with Crippen LogP contribution in [0.1, 0.15) is 17.9 Å². The molecule has 2 rings (SSSR count). The fraction of sp³-hybridized carbons (Fsp3) is 0.286. The number of allylic oxidation sites excluding steroid dienone is 2. The van der Waals surface area contributed by atoms with Crippen molar-refractivity contribution in [2.45, 2.75) is 12.3 Å². The van der Waals surface area contributed by atoms with Crippen molar-refractivity contribution >= 4 is 11.8 Å². The van der Waals surface area contributed by atoms with E-state index in [-0.39, 0.29) is 11.7 Å². The third kappa shape index (κ3) is 2.66. The first-order valence-electron chi connectivity index (χ1n) is 6.01. The summed E-state index contributed by atoms with van der Waals surface area (Å²) in [6.45, 7) is 0. The van der Waals surface area contributed by atoms with Crippen LogP contribution >= 0.6 is 0 Å². The number of esters is 1. The van der Waals surface area contributed by atoms with Crippen LogP contribution in [0.5, 0.6) is 0 Å². The second-order valence-electron chi connectivity index (χ2n) is 4.44. The molecule has 0 saturated carbocycles. The van der Waals surface area contributed by atoms with E-state index in [1.54, 1.807) is 0 Å². The number of hydrogen-bond acceptors (Lipinski definition) is 5. The van der Waals surface area contributed by atoms with Gasteiger partial charge >= 0.3 is 5.97 Å². The third-order valence-electron chi connectivity index (χ3n) is 3.33. The second-order valence-corrected chi connectivity index (χ2v) is 4.44. The molecule has 5 heteroatoms. The van der Waals surface area contributed by atoms with Crippen LogP contribution in [0.25, 0.3) is 0 Å². The van der Waals surface area contributed by atoms with Gasteiger partial charge in [-0.2, -0.15) is 0 Å². The number of carbonyl (C=O) groups is 2. The van der Waals surface area contributed by atoms with Crippen molar-refractivity contribution < 1.29 is 14.3 Å². The molecule has 0 radical (unpaired) electrons. The molecule has 0 saturated heterocycles. The van der Waals surface area contributed by atoms with E-state index < -0.39 is 11.9 Å². The Labute approximate surface area is 111 Å². The molecule has 1 aliphatic rings. The van der Waals surface area contributed by atoms with Gasteiger partial charge in [-0.1, -0.05) is 30.3 Å². The summed E-state index contributed by atoms with van der Waals surface area (Å²) in [5.41, 5.74) is 4.05. The van der Waals surface area contributed by atoms with Gasteiger partial charge in [0, 0.05) is 17.7 Å². The summed E-state index contributed by atoms with van der Waals surface area (Å²) in [6, 6.07) is 9.43. The molecule has 0 heterocycles. The molecule has 100 valence electrons. The molecule has 5 nitrogen and oxygen atoms in total. The summed E-state index contributed by atoms with van der Waals surface area (Å²) in [6.07, 6.45) is 1.88. The van der Waals surface area contributed by atoms with Crippen molar-refractivity contribution in [1.82, 2.24) is 5.43 Å². The normalized spacial score (nSPS) is 22.6. The standard InChI is InChI=1S/C14H16N2O3/c1-19-14(18)13-11(9-5-3-2-4-6-9)7-10(16-15)8-12(13)17/h2-6,8,11,13,16H,7,15H2,1H3. The van der Waals surface area contributed by atoms with Crippen molar-refractivity contribution in [3.63, 3.8) is 0 Å². The molecule has 0 spiro atoms. The first-order chi connectivity index (χ1) is 9.17. The highest BCUT2D eigenvalue weighted by atomic mass is 16.5. The van der Waals surface area contributed by atoms with E-state index in [1.165, 1.54) is 13.2 Å². The zero-order chi connectivity index (χ0) is 13.8. The molecule has 3 N–H and O–H groups in total. The van der Waals surface area contributed by atoms with Gasteiger partial charge in [0.2, 0.25) is 0 Å². The average molecular weight is 260 g/mol. The molecule has 1 aromatic carbocycles. The van der Waals surface area contributed by atoms with Gasteiger partial charge in [-0.25, -0.2) is 0 Å². The Balaban J connectivity index is 2.40. The zero-order valence-electron chi connectivity index (χ0n) is 10.6. The fourth-order valence-corrected chi connectivity index (χ4v) is 2.39. The maximum Gasteiger partial charge on any atom is 0.317 e. The van der Waals surface area contributed by atoms with Crippen molar-refractivity contribution in [1.29, 1.82) is 0 Å². The summed E-state index contributed by atoms with van der Waals surface area (Å²) < 4.78 is 4.74. The van der Waals surface area contributed by atoms with Crippen molar-refractivity contribution in [3.05, 3.63) is 47.7 Å². The predicted octanol–water partition coefficient (Wildman–Crippen LogP) is 0.879. The topological polar surface area (TPSA) is 81.4 Å². The summed E-state index contributed by atoms with van der Waals surface area (Å²) in [5, 5.41) is 0. The van der Waals surface area contributed by atoms with E-state index in [1.807, 2.05) is 30.3 Å². The van der Waals surface area contributed by atoms with Gasteiger partial charge in [-0.3, -0.25) is 15.4 Å². The highest BCUT2D eigenvalue weighted by molar-refractivity contribution is 6.07. The van der Waals surface area contributed by atoms with Crippen molar-refractivity contribution in [2.75, 3.05) is 7.11 Å². The number of hydrazine groups is 1. The highest BCUT2D eigenvalue weighted by Crippen LogP contribution is 2.35. The molecule has 0 aromatic heterocycles. The molecular weight excluding hydrogens is 244 g/mol. The van der Waals surface area contributed by atoms with Crippen LogP contribution in [0.4, 0.5) is 0 Å². The molecular formula is C14H16N2O3. The Bertz CT molecular complexity index is 511. The minimum Gasteiger partial charge on any atom is -0.468 e. The lowest BCUT2D eigenvalue weighted by Crippen LogP contribution is -2.37. The van der Waals surface area contributed by atoms with E-state index in [9.17, 15) is 9.59 Å². The number of benzene rings is 1. The Kier molecular flexibility index (Phi) is 3.97. The van der Waals surface area contributed by atoms with Gasteiger partial charge in [0.15, 0.2) is 5.78 Å². The van der Waals surface area contributed by atoms with E-state index in [2.05, 4.69) is 5.43 Å². The van der Waals surface area contributed by atoms with Crippen LogP contribution in [-0.2, 0) is 14.3 Å². The molecule has 0 amide bonds. The number of ether oxygens (including phenoxy) is 1. The lowest BCUT2D eigenvalue weighted by molar-refractivity contribution is -0.149. The monoisotopic (exact) mass is 260 g/mol. The summed E-state index contributed by atoms with van der Waals surface area (Å²) in [5.74, 6) is 3.53. The predicted molar refractivity (Wildman–Crippen MR) is 69.7 cm³/mol. The number of nitrogens with two attached hydrogens (primary N) is 1. The van der Waals surface area contributed by atoms with Gasteiger partial charge in [-0.15, -0.1) is 0 Å². The summed E-state index contributed by atoms with van der Waals surface area (Å²) in [4.78, 5) is 23.9. The van der Waals surface area contributed by atoms with Gasteiger partial charge in [0.05, 0.1) is 7.11 Å². The van der Waals surface area contributed by atoms with E-state index in [4.69, 9.17) is 10.6 Å². The molecule has 1 aromatic rings. The van der Waals surface area contributed by atoms with Crippen molar-refractivity contribution in [3.8, 4) is 0 Å². The quantitative estimate of drug-likeness (QED) is 0.365. The number of carbonyl (C=O) groups excluding carboxylic acids is 2. The summed E-state index contributed by atoms with van der Waals surface area (Å²) in [7, 11) is 1.29. The minimum absolute atomic E-state index is 0.253. The zero-order valence-corrected chi connectivity index (χ0v) is 10.6. The highest BCUT2D eigenvalue weighted by Gasteiger charge is 2.39. The van der Waals surface area contributed by atoms with Gasteiger partial charge in [0.1, 0.15) is 5.92 Å². The maximum atomic E-state index is 12.1. The lowest BCUT2D eigenvalue weighted by atomic mass is 9.76. The fourth-order valence-electron chi connectivity index (χ4n) is 2.39. The van der Waals surface area contributed by atoms with Crippen molar-refractivity contribution in [2.24, 2.45) is 11.8 Å². The lowest BCUT2D eigenvalue weighted by Gasteiger charge is -2.28. The molecule has 0 fully saturated rings. The molecule has 2 atom stereocenters. The second kappa shape index (κ2) is 5.67. The Morgan fingerprint density at radius 2 is 2.05 bits per heavy atom. The molecule has 2 unspecified atom stereocenters. The molecule has 0 aliphatic heterocycles. The molecule has 0 bridgehead atoms. The van der Waals surface area contributed by atoms with Crippen LogP contribution in [0.3, 0.4) is 0 Å². The van der Waals surface area contributed by atoms with Crippen LogP contribution < -0.4 is 11.3 Å². The SMILES string of the molecule is COC(=O)C1C(=O)C=C(NN)CC1c1ccccc1. The first kappa shape index (κ1) is 13.3. The van der Waals surface area contributed by atoms with E-state index >= 15 is 0 Å². The number of rotatable bonds is 3. The van der Waals surface area contributed by atoms with E-state index in [0.717, 1.165) is 5.56 Å². The number of hydrogen-bond donors (Lipinski definition) is 2. The van der Waals surface area contributed by atoms with Crippen LogP contribution in [-0.4, -0.2) is 18.9 Å². The largest absolute Gasteiger partial charge is 0.468 e. The van der Waals surface area contributed by atoms with Gasteiger partial charge in [0.25, 0.3) is 0 Å². The van der Waals surface area contributed by atoms with Gasteiger partial charge in [-0.05, 0) is 12.0 Å². The number of ketones is 1. The van der Waals surface area contributed by atoms with Crippen LogP contribution in [0, 0.1) is 5.92 Å². The average Bonchev–Trinajstić information content (AvgIpc) is 2.46. The Morgan fingerprint density at radius 1 is 1.37 bits per heavy atom. The smallest absolute Gasteiger partial charge is 0.317 e. The summed E-state index contributed by atoms with van der Waals surface area (Å²) >= 11 is 0. The maximum absolute atomic E-state index is 12.1. The molecule has 1 aliphatic carbocycles. The number of methoxy groups -OCH3 is 1.